The van der Waals surface area contributed by atoms with E-state index in [1.807, 2.05) is 44.2 Å². The van der Waals surface area contributed by atoms with Crippen LogP contribution in [0.4, 0.5) is 0 Å². The summed E-state index contributed by atoms with van der Waals surface area (Å²) >= 11 is 18.3. The summed E-state index contributed by atoms with van der Waals surface area (Å²) in [5.74, 6) is -0.821. The van der Waals surface area contributed by atoms with Crippen molar-refractivity contribution in [3.8, 4) is 5.69 Å². The molecule has 0 aliphatic carbocycles. The summed E-state index contributed by atoms with van der Waals surface area (Å²) in [4.78, 5) is 25.9. The predicted octanol–water partition coefficient (Wildman–Crippen LogP) is 5.95. The van der Waals surface area contributed by atoms with E-state index in [-0.39, 0.29) is 10.2 Å². The van der Waals surface area contributed by atoms with Gasteiger partial charge in [-0.2, -0.15) is 5.01 Å². The van der Waals surface area contributed by atoms with Crippen molar-refractivity contribution in [3.63, 3.8) is 0 Å². The van der Waals surface area contributed by atoms with Gasteiger partial charge in [-0.25, -0.2) is 0 Å². The van der Waals surface area contributed by atoms with E-state index in [4.69, 9.17) is 35.4 Å². The minimum Gasteiger partial charge on any atom is -0.318 e. The van der Waals surface area contributed by atoms with Gasteiger partial charge in [0.25, 0.3) is 11.8 Å². The number of rotatable bonds is 4. The molecule has 5 nitrogen and oxygen atoms in total. The van der Waals surface area contributed by atoms with Gasteiger partial charge in [0.2, 0.25) is 0 Å². The minimum absolute atomic E-state index is 0.259. The number of halogens is 2. The summed E-state index contributed by atoms with van der Waals surface area (Å²) < 4.78 is 2.35. The van der Waals surface area contributed by atoms with Gasteiger partial charge in [-0.1, -0.05) is 35.0 Å². The van der Waals surface area contributed by atoms with E-state index in [1.165, 1.54) is 0 Å². The van der Waals surface area contributed by atoms with Crippen LogP contribution in [-0.4, -0.2) is 25.7 Å². The van der Waals surface area contributed by atoms with Crippen molar-refractivity contribution >= 4 is 69.4 Å². The normalized spacial score (nSPS) is 15.0. The van der Waals surface area contributed by atoms with E-state index in [0.29, 0.717) is 20.5 Å². The second-order valence-electron chi connectivity index (χ2n) is 7.10. The zero-order chi connectivity index (χ0) is 23.0. The molecule has 1 N–H and O–H groups in total. The molecule has 2 amide bonds. The zero-order valence-corrected chi connectivity index (χ0v) is 20.2. The molecule has 3 aromatic rings. The van der Waals surface area contributed by atoms with E-state index in [0.717, 1.165) is 39.4 Å². The molecule has 162 valence electrons. The van der Waals surface area contributed by atoms with Crippen LogP contribution < -0.4 is 5.43 Å². The number of carbonyl (C=O) groups excluding carboxylic acids is 2. The van der Waals surface area contributed by atoms with Gasteiger partial charge in [-0.05, 0) is 92.3 Å². The second kappa shape index (κ2) is 9.11. The minimum atomic E-state index is -0.444. The zero-order valence-electron chi connectivity index (χ0n) is 17.1. The number of nitrogens with one attached hydrogen (secondary N) is 1. The summed E-state index contributed by atoms with van der Waals surface area (Å²) in [5.41, 5.74) is 6.81. The maximum atomic E-state index is 12.9. The van der Waals surface area contributed by atoms with Gasteiger partial charge in [0.05, 0.1) is 4.91 Å². The van der Waals surface area contributed by atoms with Crippen LogP contribution in [0.15, 0.2) is 59.5 Å². The van der Waals surface area contributed by atoms with Crippen LogP contribution in [0, 0.1) is 13.8 Å². The van der Waals surface area contributed by atoms with Crippen LogP contribution in [0.2, 0.25) is 10.0 Å². The Hall–Kier alpha value is -2.58. The van der Waals surface area contributed by atoms with E-state index >= 15 is 0 Å². The van der Waals surface area contributed by atoms with E-state index in [1.54, 1.807) is 30.3 Å². The Morgan fingerprint density at radius 2 is 1.62 bits per heavy atom. The third-order valence-corrected chi connectivity index (χ3v) is 6.76. The lowest BCUT2D eigenvalue weighted by atomic mass is 10.2. The topological polar surface area (TPSA) is 54.3 Å². The van der Waals surface area contributed by atoms with Crippen LogP contribution in [-0.2, 0) is 4.79 Å². The first-order valence-corrected chi connectivity index (χ1v) is 11.5. The van der Waals surface area contributed by atoms with Crippen LogP contribution in [0.25, 0.3) is 11.8 Å². The number of thioether (sulfide) groups is 1. The highest BCUT2D eigenvalue weighted by molar-refractivity contribution is 8.26. The van der Waals surface area contributed by atoms with E-state index in [9.17, 15) is 9.59 Å². The van der Waals surface area contributed by atoms with Crippen molar-refractivity contribution in [1.29, 1.82) is 0 Å². The summed E-state index contributed by atoms with van der Waals surface area (Å²) in [6, 6.07) is 15.9. The van der Waals surface area contributed by atoms with Gasteiger partial charge in [0.15, 0.2) is 4.32 Å². The van der Waals surface area contributed by atoms with E-state index < -0.39 is 5.91 Å². The first-order valence-electron chi connectivity index (χ1n) is 9.54. The number of carbonyl (C=O) groups is 2. The Kier molecular flexibility index (Phi) is 6.44. The summed E-state index contributed by atoms with van der Waals surface area (Å²) in [6.45, 7) is 3.98. The molecule has 0 radical (unpaired) electrons. The molecule has 0 unspecified atom stereocenters. The largest absolute Gasteiger partial charge is 0.318 e. The molecular formula is C23H17Cl2N3O2S2. The standard InChI is InChI=1S/C23H17Cl2N3O2S2/c1-13-11-16(14(2)27(13)19-9-7-18(25)8-10-19)12-20-22(30)28(23(31)32-20)26-21(29)15-3-5-17(24)6-4-15/h3-12H,1-2H3,(H,26,29)/b20-12+. The van der Waals surface area contributed by atoms with Crippen LogP contribution in [0.1, 0.15) is 27.3 Å². The number of nitrogens with zero attached hydrogens (tertiary/aromatic N) is 2. The fourth-order valence-electron chi connectivity index (χ4n) is 3.39. The highest BCUT2D eigenvalue weighted by Gasteiger charge is 2.34. The first-order chi connectivity index (χ1) is 15.2. The van der Waals surface area contributed by atoms with Crippen molar-refractivity contribution in [2.24, 2.45) is 0 Å². The average molecular weight is 502 g/mol. The van der Waals surface area contributed by atoms with Crippen LogP contribution in [0.3, 0.4) is 0 Å². The molecule has 2 aromatic carbocycles. The Balaban J connectivity index is 1.58. The molecule has 0 spiro atoms. The summed E-state index contributed by atoms with van der Waals surface area (Å²) in [6.07, 6.45) is 1.79. The number of benzene rings is 2. The third-order valence-electron chi connectivity index (χ3n) is 4.96. The van der Waals surface area contributed by atoms with Crippen LogP contribution in [0.5, 0.6) is 0 Å². The predicted molar refractivity (Wildman–Crippen MR) is 134 cm³/mol. The van der Waals surface area contributed by atoms with Gasteiger partial charge in [0.1, 0.15) is 0 Å². The molecule has 0 atom stereocenters. The molecule has 1 aromatic heterocycles. The summed E-state index contributed by atoms with van der Waals surface area (Å²) in [7, 11) is 0. The molecule has 1 aliphatic rings. The fourth-order valence-corrected chi connectivity index (χ4v) is 4.82. The maximum Gasteiger partial charge on any atom is 0.285 e. The lowest BCUT2D eigenvalue weighted by Crippen LogP contribution is -2.44. The third kappa shape index (κ3) is 4.47. The Morgan fingerprint density at radius 3 is 2.25 bits per heavy atom. The monoisotopic (exact) mass is 501 g/mol. The Bertz CT molecular complexity index is 1270. The second-order valence-corrected chi connectivity index (χ2v) is 9.65. The van der Waals surface area contributed by atoms with Gasteiger partial charge in [-0.15, -0.1) is 0 Å². The summed E-state index contributed by atoms with van der Waals surface area (Å²) in [5, 5.41) is 2.29. The maximum absolute atomic E-state index is 12.9. The van der Waals surface area contributed by atoms with Crippen LogP contribution >= 0.6 is 47.2 Å². The highest BCUT2D eigenvalue weighted by atomic mass is 35.5. The number of hydrogen-bond donors (Lipinski definition) is 1. The average Bonchev–Trinajstić information content (AvgIpc) is 3.18. The fraction of sp³-hybridized carbons (Fsp3) is 0.0870. The molecule has 2 heterocycles. The smallest absolute Gasteiger partial charge is 0.285 e. The molecule has 1 fully saturated rings. The number of aromatic nitrogens is 1. The molecule has 32 heavy (non-hydrogen) atoms. The van der Waals surface area contributed by atoms with Crippen molar-refractivity contribution in [3.05, 3.63) is 92.1 Å². The van der Waals surface area contributed by atoms with Crippen molar-refractivity contribution in [1.82, 2.24) is 15.0 Å². The SMILES string of the molecule is Cc1cc(/C=C2/SC(=S)N(NC(=O)c3ccc(Cl)cc3)C2=O)c(C)n1-c1ccc(Cl)cc1. The van der Waals surface area contributed by atoms with Gasteiger partial charge in [0, 0.05) is 32.7 Å². The van der Waals surface area contributed by atoms with Crippen molar-refractivity contribution in [2.45, 2.75) is 13.8 Å². The number of aryl methyl sites for hydroxylation is 1. The Morgan fingerprint density at radius 1 is 1.03 bits per heavy atom. The van der Waals surface area contributed by atoms with Gasteiger partial charge in [-0.3, -0.25) is 15.0 Å². The number of hydrogen-bond acceptors (Lipinski definition) is 4. The molecule has 4 rings (SSSR count). The Labute approximate surface area is 205 Å². The molecule has 1 aliphatic heterocycles. The van der Waals surface area contributed by atoms with Gasteiger partial charge < -0.3 is 4.57 Å². The molecule has 9 heteroatoms. The number of amides is 2. The molecule has 1 saturated heterocycles. The van der Waals surface area contributed by atoms with E-state index in [2.05, 4.69) is 9.99 Å². The van der Waals surface area contributed by atoms with Crippen molar-refractivity contribution in [2.75, 3.05) is 0 Å². The van der Waals surface area contributed by atoms with Crippen molar-refractivity contribution < 1.29 is 9.59 Å². The first kappa shape index (κ1) is 22.6. The lowest BCUT2D eigenvalue weighted by Gasteiger charge is -2.15. The molecular weight excluding hydrogens is 485 g/mol. The molecule has 0 saturated carbocycles. The van der Waals surface area contributed by atoms with Gasteiger partial charge >= 0.3 is 0 Å². The lowest BCUT2D eigenvalue weighted by molar-refractivity contribution is -0.123. The number of thiocarbonyl (C=S) groups is 1. The number of hydrazine groups is 1. The quantitative estimate of drug-likeness (QED) is 0.354. The highest BCUT2D eigenvalue weighted by Crippen LogP contribution is 2.33. The molecule has 0 bridgehead atoms.